The van der Waals surface area contributed by atoms with Gasteiger partial charge in [0.2, 0.25) is 5.91 Å². The van der Waals surface area contributed by atoms with Gasteiger partial charge in [-0.15, -0.1) is 6.42 Å². The first-order chi connectivity index (χ1) is 9.29. The van der Waals surface area contributed by atoms with Crippen molar-refractivity contribution in [2.75, 3.05) is 18.4 Å². The molecule has 2 aromatic rings. The molecule has 2 N–H and O–H groups in total. The Labute approximate surface area is 110 Å². The zero-order valence-corrected chi connectivity index (χ0v) is 10.2. The van der Waals surface area contributed by atoms with E-state index in [9.17, 15) is 4.79 Å². The van der Waals surface area contributed by atoms with Crippen molar-refractivity contribution in [2.45, 2.75) is 0 Å². The van der Waals surface area contributed by atoms with Crippen LogP contribution in [0.2, 0.25) is 0 Å². The van der Waals surface area contributed by atoms with Gasteiger partial charge >= 0.3 is 0 Å². The van der Waals surface area contributed by atoms with Crippen molar-refractivity contribution in [1.82, 2.24) is 20.1 Å². The van der Waals surface area contributed by atoms with Crippen LogP contribution in [-0.2, 0) is 4.79 Å². The van der Waals surface area contributed by atoms with E-state index < -0.39 is 0 Å². The molecular formula is C13H13N5O. The second-order valence-corrected chi connectivity index (χ2v) is 3.71. The van der Waals surface area contributed by atoms with Gasteiger partial charge in [-0.3, -0.25) is 10.1 Å². The summed E-state index contributed by atoms with van der Waals surface area (Å²) < 4.78 is 1.64. The van der Waals surface area contributed by atoms with Gasteiger partial charge in [0.15, 0.2) is 5.82 Å². The molecule has 0 fully saturated rings. The number of rotatable bonds is 5. The normalized spacial score (nSPS) is 9.84. The average Bonchev–Trinajstić information content (AvgIpc) is 2.94. The molecule has 0 aliphatic carbocycles. The van der Waals surface area contributed by atoms with E-state index in [4.69, 9.17) is 6.42 Å². The molecule has 0 aliphatic rings. The van der Waals surface area contributed by atoms with Crippen molar-refractivity contribution in [2.24, 2.45) is 0 Å². The Morgan fingerprint density at radius 2 is 2.37 bits per heavy atom. The van der Waals surface area contributed by atoms with Crippen LogP contribution in [-0.4, -0.2) is 33.8 Å². The van der Waals surface area contributed by atoms with Crippen LogP contribution in [0.5, 0.6) is 0 Å². The number of aromatic nitrogens is 3. The Morgan fingerprint density at radius 1 is 1.47 bits per heavy atom. The number of carbonyl (C=O) groups excluding carboxylic acids is 1. The second kappa shape index (κ2) is 6.33. The number of pyridine rings is 1. The maximum atomic E-state index is 11.5. The van der Waals surface area contributed by atoms with Crippen LogP contribution in [0.4, 0.5) is 5.69 Å². The van der Waals surface area contributed by atoms with E-state index in [0.29, 0.717) is 18.1 Å². The van der Waals surface area contributed by atoms with Gasteiger partial charge in [-0.05, 0) is 18.2 Å². The molecule has 0 saturated heterocycles. The maximum absolute atomic E-state index is 11.5. The van der Waals surface area contributed by atoms with Crippen LogP contribution in [0.25, 0.3) is 5.82 Å². The van der Waals surface area contributed by atoms with Gasteiger partial charge in [0.25, 0.3) is 0 Å². The highest BCUT2D eigenvalue weighted by molar-refractivity contribution is 5.92. The minimum Gasteiger partial charge on any atom is -0.324 e. The fourth-order valence-corrected chi connectivity index (χ4v) is 1.45. The van der Waals surface area contributed by atoms with Crippen LogP contribution in [0.15, 0.2) is 36.8 Å². The van der Waals surface area contributed by atoms with Crippen molar-refractivity contribution >= 4 is 11.6 Å². The molecule has 0 aromatic carbocycles. The summed E-state index contributed by atoms with van der Waals surface area (Å²) in [7, 11) is 0. The van der Waals surface area contributed by atoms with Gasteiger partial charge in [-0.25, -0.2) is 9.67 Å². The van der Waals surface area contributed by atoms with Gasteiger partial charge in [0, 0.05) is 12.4 Å². The van der Waals surface area contributed by atoms with Crippen LogP contribution in [0, 0.1) is 12.3 Å². The zero-order chi connectivity index (χ0) is 13.5. The van der Waals surface area contributed by atoms with Gasteiger partial charge in [-0.1, -0.05) is 5.92 Å². The third-order valence-corrected chi connectivity index (χ3v) is 2.28. The summed E-state index contributed by atoms with van der Waals surface area (Å²) in [5.41, 5.74) is 0.628. The van der Waals surface area contributed by atoms with Gasteiger partial charge in [0.1, 0.15) is 0 Å². The highest BCUT2D eigenvalue weighted by Gasteiger charge is 2.02. The number of carbonyl (C=O) groups is 1. The molecule has 19 heavy (non-hydrogen) atoms. The predicted molar refractivity (Wildman–Crippen MR) is 71.7 cm³/mol. The molecule has 0 spiro atoms. The second-order valence-electron chi connectivity index (χ2n) is 3.71. The lowest BCUT2D eigenvalue weighted by molar-refractivity contribution is -0.115. The summed E-state index contributed by atoms with van der Waals surface area (Å²) in [5.74, 6) is 2.92. The van der Waals surface area contributed by atoms with Crippen molar-refractivity contribution < 1.29 is 4.79 Å². The Bertz CT molecular complexity index is 568. The molecule has 0 saturated carbocycles. The van der Waals surface area contributed by atoms with Gasteiger partial charge in [-0.2, -0.15) is 5.10 Å². The Kier molecular flexibility index (Phi) is 4.26. The molecule has 0 atom stereocenters. The first-order valence-corrected chi connectivity index (χ1v) is 5.69. The van der Waals surface area contributed by atoms with Gasteiger partial charge in [0.05, 0.1) is 25.0 Å². The zero-order valence-electron chi connectivity index (χ0n) is 10.2. The minimum atomic E-state index is -0.163. The highest BCUT2D eigenvalue weighted by atomic mass is 16.1. The van der Waals surface area contributed by atoms with E-state index in [1.54, 1.807) is 35.4 Å². The topological polar surface area (TPSA) is 71.8 Å². The lowest BCUT2D eigenvalue weighted by atomic mass is 10.4. The quantitative estimate of drug-likeness (QED) is 0.600. The molecule has 6 nitrogen and oxygen atoms in total. The molecule has 1 amide bonds. The smallest absolute Gasteiger partial charge is 0.238 e. The number of hydrogen-bond acceptors (Lipinski definition) is 4. The standard InChI is InChI=1S/C13H13N5O/c1-2-6-14-10-13(19)17-11-4-5-12(15-9-11)18-8-3-7-16-18/h1,3-5,7-9,14H,6,10H2,(H,17,19). The number of anilines is 1. The summed E-state index contributed by atoms with van der Waals surface area (Å²) in [4.78, 5) is 15.7. The van der Waals surface area contributed by atoms with Crippen molar-refractivity contribution in [3.05, 3.63) is 36.8 Å². The number of hydrogen-bond donors (Lipinski definition) is 2. The monoisotopic (exact) mass is 255 g/mol. The van der Waals surface area contributed by atoms with E-state index in [2.05, 4.69) is 26.6 Å². The van der Waals surface area contributed by atoms with Crippen molar-refractivity contribution in [3.63, 3.8) is 0 Å². The molecule has 2 aromatic heterocycles. The summed E-state index contributed by atoms with van der Waals surface area (Å²) in [5, 5.41) is 9.58. The minimum absolute atomic E-state index is 0.163. The fourth-order valence-electron chi connectivity index (χ4n) is 1.45. The third kappa shape index (κ3) is 3.66. The molecule has 0 aliphatic heterocycles. The SMILES string of the molecule is C#CCNCC(=O)Nc1ccc(-n2cccn2)nc1. The molecule has 0 radical (unpaired) electrons. The van der Waals surface area contributed by atoms with E-state index in [1.807, 2.05) is 6.07 Å². The molecule has 96 valence electrons. The number of nitrogens with one attached hydrogen (secondary N) is 2. The lowest BCUT2D eigenvalue weighted by Crippen LogP contribution is -2.28. The Hall–Kier alpha value is -2.65. The first kappa shape index (κ1) is 12.8. The molecule has 0 unspecified atom stereocenters. The largest absolute Gasteiger partial charge is 0.324 e. The summed E-state index contributed by atoms with van der Waals surface area (Å²) in [6.45, 7) is 0.537. The first-order valence-electron chi connectivity index (χ1n) is 5.69. The summed E-state index contributed by atoms with van der Waals surface area (Å²) >= 11 is 0. The third-order valence-electron chi connectivity index (χ3n) is 2.28. The van der Waals surface area contributed by atoms with Crippen LogP contribution < -0.4 is 10.6 Å². The number of amides is 1. The molecule has 0 bridgehead atoms. The van der Waals surface area contributed by atoms with E-state index in [1.165, 1.54) is 0 Å². The summed E-state index contributed by atoms with van der Waals surface area (Å²) in [6, 6.07) is 5.36. The molecule has 2 rings (SSSR count). The van der Waals surface area contributed by atoms with E-state index in [0.717, 1.165) is 0 Å². The van der Waals surface area contributed by atoms with E-state index in [-0.39, 0.29) is 12.5 Å². The molecular weight excluding hydrogens is 242 g/mol. The highest BCUT2D eigenvalue weighted by Crippen LogP contribution is 2.08. The maximum Gasteiger partial charge on any atom is 0.238 e. The predicted octanol–water partition coefficient (Wildman–Crippen LogP) is 0.429. The van der Waals surface area contributed by atoms with Crippen molar-refractivity contribution in [3.8, 4) is 18.2 Å². The van der Waals surface area contributed by atoms with Gasteiger partial charge < -0.3 is 5.32 Å². The Balaban J connectivity index is 1.92. The van der Waals surface area contributed by atoms with Crippen molar-refractivity contribution in [1.29, 1.82) is 0 Å². The lowest BCUT2D eigenvalue weighted by Gasteiger charge is -2.06. The van der Waals surface area contributed by atoms with Crippen LogP contribution in [0.1, 0.15) is 0 Å². The number of terminal acetylenes is 1. The Morgan fingerprint density at radius 3 is 3.00 bits per heavy atom. The molecule has 2 heterocycles. The van der Waals surface area contributed by atoms with Crippen LogP contribution >= 0.6 is 0 Å². The summed E-state index contributed by atoms with van der Waals surface area (Å²) in [6.07, 6.45) is 10.1. The van der Waals surface area contributed by atoms with Crippen LogP contribution in [0.3, 0.4) is 0 Å². The molecule has 6 heteroatoms. The fraction of sp³-hybridized carbons (Fsp3) is 0.154. The average molecular weight is 255 g/mol. The van der Waals surface area contributed by atoms with E-state index >= 15 is 0 Å². The number of nitrogens with zero attached hydrogens (tertiary/aromatic N) is 3.